The van der Waals surface area contributed by atoms with E-state index in [1.165, 1.54) is 10.7 Å². The molecule has 1 aliphatic heterocycles. The molecule has 30 heavy (non-hydrogen) atoms. The van der Waals surface area contributed by atoms with Gasteiger partial charge in [-0.3, -0.25) is 19.7 Å². The Morgan fingerprint density at radius 3 is 2.73 bits per heavy atom. The summed E-state index contributed by atoms with van der Waals surface area (Å²) < 4.78 is 6.40. The SMILES string of the molecule is O=C(Cn1nc2c(c1NC(=O)c1ccc([N+](=O)[O-])o1)CSC2)NCc1ccccc1. The summed E-state index contributed by atoms with van der Waals surface area (Å²) in [6.45, 7) is 0.312. The van der Waals surface area contributed by atoms with Crippen LogP contribution in [0.25, 0.3) is 0 Å². The van der Waals surface area contributed by atoms with E-state index in [4.69, 9.17) is 4.42 Å². The second-order valence-corrected chi connectivity index (χ2v) is 7.52. The Labute approximate surface area is 174 Å². The zero-order valence-corrected chi connectivity index (χ0v) is 16.5. The van der Waals surface area contributed by atoms with Gasteiger partial charge in [-0.1, -0.05) is 30.3 Å². The topological polar surface area (TPSA) is 132 Å². The smallest absolute Gasteiger partial charge is 0.395 e. The number of nitro groups is 1. The highest BCUT2D eigenvalue weighted by molar-refractivity contribution is 7.98. The Morgan fingerprint density at radius 2 is 2.00 bits per heavy atom. The van der Waals surface area contributed by atoms with Crippen molar-refractivity contribution in [2.45, 2.75) is 24.6 Å². The first-order valence-electron chi connectivity index (χ1n) is 9.04. The van der Waals surface area contributed by atoms with Gasteiger partial charge < -0.3 is 15.1 Å². The molecule has 3 aromatic rings. The van der Waals surface area contributed by atoms with Crippen molar-refractivity contribution in [2.75, 3.05) is 5.32 Å². The number of furan rings is 1. The van der Waals surface area contributed by atoms with Gasteiger partial charge in [0.05, 0.1) is 11.8 Å². The van der Waals surface area contributed by atoms with Gasteiger partial charge in [0.15, 0.2) is 5.76 Å². The lowest BCUT2D eigenvalue weighted by Gasteiger charge is -2.10. The number of aromatic nitrogens is 2. The average molecular weight is 427 g/mol. The van der Waals surface area contributed by atoms with Crippen LogP contribution < -0.4 is 10.6 Å². The number of anilines is 1. The highest BCUT2D eigenvalue weighted by Gasteiger charge is 2.26. The van der Waals surface area contributed by atoms with Gasteiger partial charge in [0.1, 0.15) is 17.3 Å². The molecule has 0 saturated carbocycles. The van der Waals surface area contributed by atoms with Crippen LogP contribution in [0.1, 0.15) is 27.4 Å². The van der Waals surface area contributed by atoms with Crippen LogP contribution in [0.3, 0.4) is 0 Å². The lowest BCUT2D eigenvalue weighted by Crippen LogP contribution is -2.28. The van der Waals surface area contributed by atoms with Gasteiger partial charge in [-0.2, -0.15) is 16.9 Å². The van der Waals surface area contributed by atoms with E-state index in [9.17, 15) is 19.7 Å². The molecule has 1 aliphatic rings. The number of hydrogen-bond donors (Lipinski definition) is 2. The van der Waals surface area contributed by atoms with E-state index in [0.717, 1.165) is 22.9 Å². The summed E-state index contributed by atoms with van der Waals surface area (Å²) in [5, 5.41) is 20.7. The predicted octanol–water partition coefficient (Wildman–Crippen LogP) is 2.70. The first kappa shape index (κ1) is 19.7. The lowest BCUT2D eigenvalue weighted by molar-refractivity contribution is -0.402. The maximum atomic E-state index is 12.5. The summed E-state index contributed by atoms with van der Waals surface area (Å²) in [5.41, 5.74) is 2.61. The average Bonchev–Trinajstić information content (AvgIpc) is 3.45. The van der Waals surface area contributed by atoms with Crippen molar-refractivity contribution in [1.82, 2.24) is 15.1 Å². The maximum Gasteiger partial charge on any atom is 0.433 e. The lowest BCUT2D eigenvalue weighted by atomic mass is 10.2. The molecule has 10 nitrogen and oxygen atoms in total. The highest BCUT2D eigenvalue weighted by atomic mass is 32.2. The van der Waals surface area contributed by atoms with Crippen molar-refractivity contribution in [2.24, 2.45) is 0 Å². The van der Waals surface area contributed by atoms with Gasteiger partial charge >= 0.3 is 5.88 Å². The third-order valence-electron chi connectivity index (χ3n) is 4.47. The van der Waals surface area contributed by atoms with Crippen LogP contribution in [0.5, 0.6) is 0 Å². The number of amides is 2. The van der Waals surface area contributed by atoms with E-state index >= 15 is 0 Å². The molecule has 3 heterocycles. The maximum absolute atomic E-state index is 12.5. The van der Waals surface area contributed by atoms with Crippen LogP contribution in [0, 0.1) is 10.1 Å². The fourth-order valence-corrected chi connectivity index (χ4v) is 4.06. The molecule has 11 heteroatoms. The van der Waals surface area contributed by atoms with E-state index in [0.29, 0.717) is 23.9 Å². The molecule has 2 aromatic heterocycles. The standard InChI is InChI=1S/C19H17N5O5S/c25-16(20-8-12-4-2-1-3-5-12)9-23-18(13-10-30-11-14(13)22-23)21-19(26)15-6-7-17(29-15)24(27)28/h1-7H,8-11H2,(H,20,25)(H,21,26). The van der Waals surface area contributed by atoms with Crippen molar-refractivity contribution >= 4 is 35.3 Å². The van der Waals surface area contributed by atoms with Gasteiger partial charge in [-0.05, 0) is 11.6 Å². The molecule has 0 saturated heterocycles. The van der Waals surface area contributed by atoms with Crippen LogP contribution in [0.4, 0.5) is 11.7 Å². The Kier molecular flexibility index (Phi) is 5.53. The zero-order chi connectivity index (χ0) is 21.1. The van der Waals surface area contributed by atoms with Gasteiger partial charge in [0.25, 0.3) is 5.91 Å². The van der Waals surface area contributed by atoms with Crippen LogP contribution in [0.15, 0.2) is 46.9 Å². The minimum Gasteiger partial charge on any atom is -0.395 e. The van der Waals surface area contributed by atoms with Crippen LogP contribution >= 0.6 is 11.8 Å². The predicted molar refractivity (Wildman–Crippen MR) is 109 cm³/mol. The van der Waals surface area contributed by atoms with E-state index in [1.807, 2.05) is 30.3 Å². The number of nitrogens with zero attached hydrogens (tertiary/aromatic N) is 3. The van der Waals surface area contributed by atoms with Gasteiger partial charge in [0, 0.05) is 23.6 Å². The van der Waals surface area contributed by atoms with E-state index < -0.39 is 16.7 Å². The molecule has 0 atom stereocenters. The van der Waals surface area contributed by atoms with Gasteiger partial charge in [-0.25, -0.2) is 4.68 Å². The summed E-state index contributed by atoms with van der Waals surface area (Å²) in [4.78, 5) is 35.0. The molecule has 0 bridgehead atoms. The third kappa shape index (κ3) is 4.20. The normalized spacial score (nSPS) is 12.4. The number of nitrogens with one attached hydrogen (secondary N) is 2. The second kappa shape index (κ2) is 8.41. The number of benzene rings is 1. The first-order valence-corrected chi connectivity index (χ1v) is 10.2. The van der Waals surface area contributed by atoms with Crippen LogP contribution in [-0.2, 0) is 29.4 Å². The molecule has 4 rings (SSSR count). The van der Waals surface area contributed by atoms with Crippen molar-refractivity contribution < 1.29 is 18.9 Å². The molecule has 0 spiro atoms. The van der Waals surface area contributed by atoms with E-state index in [-0.39, 0.29) is 18.2 Å². The molecule has 1 aromatic carbocycles. The van der Waals surface area contributed by atoms with Crippen LogP contribution in [0.2, 0.25) is 0 Å². The third-order valence-corrected chi connectivity index (χ3v) is 5.44. The molecular weight excluding hydrogens is 410 g/mol. The monoisotopic (exact) mass is 427 g/mol. The molecule has 0 radical (unpaired) electrons. The summed E-state index contributed by atoms with van der Waals surface area (Å²) in [5.74, 6) is 0.120. The van der Waals surface area contributed by atoms with E-state index in [2.05, 4.69) is 15.7 Å². The largest absolute Gasteiger partial charge is 0.433 e. The number of hydrogen-bond acceptors (Lipinski definition) is 7. The van der Waals surface area contributed by atoms with Crippen molar-refractivity contribution in [3.63, 3.8) is 0 Å². The van der Waals surface area contributed by atoms with Crippen molar-refractivity contribution in [1.29, 1.82) is 0 Å². The number of carbonyl (C=O) groups excluding carboxylic acids is 2. The van der Waals surface area contributed by atoms with Gasteiger partial charge in [0.2, 0.25) is 5.91 Å². The molecule has 0 unspecified atom stereocenters. The minimum absolute atomic E-state index is 0.0710. The summed E-state index contributed by atoms with van der Waals surface area (Å²) in [6, 6.07) is 11.9. The molecule has 2 amide bonds. The second-order valence-electron chi connectivity index (χ2n) is 6.54. The molecule has 2 N–H and O–H groups in total. The summed E-state index contributed by atoms with van der Waals surface area (Å²) in [7, 11) is 0. The Hall–Kier alpha value is -3.60. The fourth-order valence-electron chi connectivity index (χ4n) is 3.03. The van der Waals surface area contributed by atoms with E-state index in [1.54, 1.807) is 11.8 Å². The van der Waals surface area contributed by atoms with Crippen LogP contribution in [-0.4, -0.2) is 26.5 Å². The molecule has 154 valence electrons. The highest BCUT2D eigenvalue weighted by Crippen LogP contribution is 2.35. The molecular formula is C19H17N5O5S. The Balaban J connectivity index is 1.48. The minimum atomic E-state index is -0.716. The number of rotatable bonds is 7. The molecule has 0 fully saturated rings. The van der Waals surface area contributed by atoms with Crippen molar-refractivity contribution in [3.8, 4) is 0 Å². The quantitative estimate of drug-likeness (QED) is 0.437. The number of thioether (sulfide) groups is 1. The van der Waals surface area contributed by atoms with Gasteiger partial charge in [-0.15, -0.1) is 0 Å². The number of fused-ring (bicyclic) bond motifs is 1. The number of carbonyl (C=O) groups is 2. The Bertz CT molecular complexity index is 1110. The van der Waals surface area contributed by atoms with Crippen molar-refractivity contribution in [3.05, 3.63) is 75.2 Å². The summed E-state index contributed by atoms with van der Waals surface area (Å²) in [6.07, 6.45) is 0. The summed E-state index contributed by atoms with van der Waals surface area (Å²) >= 11 is 1.65. The fraction of sp³-hybridized carbons (Fsp3) is 0.211. The Morgan fingerprint density at radius 1 is 1.20 bits per heavy atom. The first-order chi connectivity index (χ1) is 14.5. The molecule has 0 aliphatic carbocycles. The zero-order valence-electron chi connectivity index (χ0n) is 15.7.